The van der Waals surface area contributed by atoms with Gasteiger partial charge in [0.1, 0.15) is 17.1 Å². The van der Waals surface area contributed by atoms with Crippen LogP contribution in [0.5, 0.6) is 0 Å². The third kappa shape index (κ3) is 6.88. The van der Waals surface area contributed by atoms with Gasteiger partial charge in [-0.2, -0.15) is 0 Å². The molecule has 2 heterocycles. The molecule has 1 atom stereocenters. The molecule has 2 aromatic rings. The van der Waals surface area contributed by atoms with Crippen LogP contribution < -0.4 is 10.6 Å². The highest BCUT2D eigenvalue weighted by Crippen LogP contribution is 2.23. The maximum absolute atomic E-state index is 10.6. The summed E-state index contributed by atoms with van der Waals surface area (Å²) >= 11 is 1.70. The monoisotopic (exact) mass is 492 g/mol. The number of nitrogens with zero attached hydrogens (tertiary/aromatic N) is 2. The maximum Gasteiger partial charge on any atom is 0.191 e. The summed E-state index contributed by atoms with van der Waals surface area (Å²) in [5.74, 6) is 1.98. The summed E-state index contributed by atoms with van der Waals surface area (Å²) in [7, 11) is 0. The van der Waals surface area contributed by atoms with Crippen LogP contribution in [0.3, 0.4) is 0 Å². The van der Waals surface area contributed by atoms with Gasteiger partial charge >= 0.3 is 0 Å². The average molecular weight is 492 g/mol. The largest absolute Gasteiger partial charge is 0.463 e. The van der Waals surface area contributed by atoms with Gasteiger partial charge in [0, 0.05) is 24.9 Å². The van der Waals surface area contributed by atoms with Crippen molar-refractivity contribution in [2.75, 3.05) is 19.6 Å². The number of hydrogen-bond donors (Lipinski definition) is 3. The maximum atomic E-state index is 10.6. The molecule has 0 aliphatic rings. The quantitative estimate of drug-likeness (QED) is 0.300. The van der Waals surface area contributed by atoms with Crippen molar-refractivity contribution in [2.24, 2.45) is 4.99 Å². The van der Waals surface area contributed by atoms with Crippen molar-refractivity contribution in [1.82, 2.24) is 15.6 Å². The lowest BCUT2D eigenvalue weighted by atomic mass is 10.0. The molecule has 0 spiro atoms. The van der Waals surface area contributed by atoms with E-state index >= 15 is 0 Å². The topological polar surface area (TPSA) is 82.7 Å². The second-order valence-electron chi connectivity index (χ2n) is 6.14. The lowest BCUT2D eigenvalue weighted by Crippen LogP contribution is -2.39. The molecule has 1 unspecified atom stereocenters. The van der Waals surface area contributed by atoms with Crippen LogP contribution in [0.15, 0.2) is 26.9 Å². The molecule has 26 heavy (non-hydrogen) atoms. The Morgan fingerprint density at radius 1 is 1.35 bits per heavy atom. The summed E-state index contributed by atoms with van der Waals surface area (Å²) in [5.41, 5.74) is -0.0371. The second kappa shape index (κ2) is 10.9. The Hall–Kier alpha value is -1.13. The normalized spacial score (nSPS) is 13.8. The molecular weight excluding hydrogens is 463 g/mol. The summed E-state index contributed by atoms with van der Waals surface area (Å²) in [4.78, 5) is 9.05. The predicted octanol–water partition coefficient (Wildman–Crippen LogP) is 3.23. The first kappa shape index (κ1) is 22.9. The first-order valence-corrected chi connectivity index (χ1v) is 9.57. The minimum Gasteiger partial charge on any atom is -0.463 e. The summed E-state index contributed by atoms with van der Waals surface area (Å²) in [6.07, 6.45) is 1.82. The van der Waals surface area contributed by atoms with E-state index in [0.717, 1.165) is 37.4 Å². The molecule has 2 rings (SSSR count). The van der Waals surface area contributed by atoms with Gasteiger partial charge in [0.25, 0.3) is 0 Å². The van der Waals surface area contributed by atoms with Crippen molar-refractivity contribution < 1.29 is 9.52 Å². The van der Waals surface area contributed by atoms with Gasteiger partial charge < -0.3 is 20.2 Å². The number of aromatic nitrogens is 1. The first-order valence-electron chi connectivity index (χ1n) is 8.69. The molecule has 8 heteroatoms. The van der Waals surface area contributed by atoms with Gasteiger partial charge in [-0.25, -0.2) is 9.98 Å². The molecule has 2 aromatic heterocycles. The minimum atomic E-state index is -1.14. The van der Waals surface area contributed by atoms with E-state index < -0.39 is 5.60 Å². The summed E-state index contributed by atoms with van der Waals surface area (Å²) < 4.78 is 5.53. The second-order valence-corrected chi connectivity index (χ2v) is 7.08. The number of nitrogens with one attached hydrogen (secondary N) is 2. The van der Waals surface area contributed by atoms with E-state index in [9.17, 15) is 5.11 Å². The smallest absolute Gasteiger partial charge is 0.191 e. The van der Waals surface area contributed by atoms with Gasteiger partial charge in [-0.1, -0.05) is 6.92 Å². The number of rotatable bonds is 8. The van der Waals surface area contributed by atoms with Gasteiger partial charge in [-0.3, -0.25) is 0 Å². The minimum absolute atomic E-state index is 0. The van der Waals surface area contributed by atoms with Crippen LogP contribution in [0.2, 0.25) is 0 Å². The van der Waals surface area contributed by atoms with E-state index in [1.54, 1.807) is 24.3 Å². The zero-order chi connectivity index (χ0) is 18.3. The van der Waals surface area contributed by atoms with Crippen LogP contribution in [-0.2, 0) is 18.4 Å². The number of furan rings is 1. The van der Waals surface area contributed by atoms with Crippen LogP contribution in [0.1, 0.15) is 43.0 Å². The number of aliphatic hydroxyl groups is 1. The lowest BCUT2D eigenvalue weighted by Gasteiger charge is -2.19. The molecule has 0 aromatic carbocycles. The van der Waals surface area contributed by atoms with Crippen molar-refractivity contribution >= 4 is 41.3 Å². The molecule has 0 amide bonds. The van der Waals surface area contributed by atoms with Gasteiger partial charge in [-0.15, -0.1) is 35.3 Å². The molecule has 0 radical (unpaired) electrons. The van der Waals surface area contributed by atoms with Crippen molar-refractivity contribution in [3.8, 4) is 0 Å². The number of aliphatic imine (C=N–C) groups is 1. The zero-order valence-electron chi connectivity index (χ0n) is 15.8. The standard InChI is InChI=1S/C18H28N4O2S.HI/c1-5-16-22-14(11-25-16)9-10-20-17(19-6-2)21-12-18(4,23)15-8-7-13(3)24-15;/h7-8,11,23H,5-6,9-10,12H2,1-4H3,(H2,19,20,21);1H. The van der Waals surface area contributed by atoms with Crippen molar-refractivity contribution in [3.63, 3.8) is 0 Å². The summed E-state index contributed by atoms with van der Waals surface area (Å²) in [6, 6.07) is 3.63. The highest BCUT2D eigenvalue weighted by molar-refractivity contribution is 14.0. The molecular formula is C18H29IN4O2S. The van der Waals surface area contributed by atoms with Gasteiger partial charge in [-0.05, 0) is 39.3 Å². The summed E-state index contributed by atoms with van der Waals surface area (Å²) in [6.45, 7) is 9.40. The molecule has 0 aliphatic carbocycles. The number of halogens is 1. The van der Waals surface area contributed by atoms with Crippen LogP contribution in [0, 0.1) is 6.92 Å². The van der Waals surface area contributed by atoms with Crippen molar-refractivity contribution in [1.29, 1.82) is 0 Å². The Morgan fingerprint density at radius 2 is 2.12 bits per heavy atom. The molecule has 6 nitrogen and oxygen atoms in total. The first-order chi connectivity index (χ1) is 11.9. The fourth-order valence-electron chi connectivity index (χ4n) is 2.31. The molecule has 0 fully saturated rings. The number of thiazole rings is 1. The fraction of sp³-hybridized carbons (Fsp3) is 0.556. The van der Waals surface area contributed by atoms with Gasteiger partial charge in [0.15, 0.2) is 5.96 Å². The lowest BCUT2D eigenvalue weighted by molar-refractivity contribution is 0.0428. The Morgan fingerprint density at radius 3 is 2.69 bits per heavy atom. The highest BCUT2D eigenvalue weighted by Gasteiger charge is 2.26. The number of hydrogen-bond acceptors (Lipinski definition) is 5. The molecule has 0 bridgehead atoms. The zero-order valence-corrected chi connectivity index (χ0v) is 19.0. The Balaban J connectivity index is 0.00000338. The highest BCUT2D eigenvalue weighted by atomic mass is 127. The molecule has 146 valence electrons. The molecule has 3 N–H and O–H groups in total. The van der Waals surface area contributed by atoms with Crippen LogP contribution in [-0.4, -0.2) is 35.7 Å². The molecule has 0 aliphatic heterocycles. The number of guanidine groups is 1. The van der Waals surface area contributed by atoms with E-state index in [1.165, 1.54) is 5.01 Å². The van der Waals surface area contributed by atoms with Crippen molar-refractivity contribution in [3.05, 3.63) is 39.7 Å². The van der Waals surface area contributed by atoms with E-state index in [1.807, 2.05) is 19.9 Å². The average Bonchev–Trinajstić information content (AvgIpc) is 3.22. The predicted molar refractivity (Wildman–Crippen MR) is 118 cm³/mol. The Bertz CT molecular complexity index is 697. The Labute approximate surface area is 176 Å². The van der Waals surface area contributed by atoms with E-state index in [0.29, 0.717) is 11.7 Å². The van der Waals surface area contributed by atoms with E-state index in [-0.39, 0.29) is 30.5 Å². The third-order valence-electron chi connectivity index (χ3n) is 3.74. The number of aryl methyl sites for hydroxylation is 2. The van der Waals surface area contributed by atoms with Crippen LogP contribution in [0.25, 0.3) is 0 Å². The van der Waals surface area contributed by atoms with Gasteiger partial charge in [0.05, 0.1) is 17.2 Å². The Kier molecular flexibility index (Phi) is 9.59. The molecule has 0 saturated carbocycles. The van der Waals surface area contributed by atoms with Crippen molar-refractivity contribution in [2.45, 2.75) is 46.1 Å². The SMILES string of the molecule is CCNC(=NCC(C)(O)c1ccc(C)o1)NCCc1csc(CC)n1.I. The van der Waals surface area contributed by atoms with E-state index in [2.05, 4.69) is 32.9 Å². The van der Waals surface area contributed by atoms with Crippen LogP contribution in [0.4, 0.5) is 0 Å². The van der Waals surface area contributed by atoms with Gasteiger partial charge in [0.2, 0.25) is 0 Å². The third-order valence-corrected chi connectivity index (χ3v) is 4.78. The van der Waals surface area contributed by atoms with Crippen LogP contribution >= 0.6 is 35.3 Å². The molecule has 0 saturated heterocycles. The summed E-state index contributed by atoms with van der Waals surface area (Å²) in [5, 5.41) is 20.3. The fourth-order valence-corrected chi connectivity index (χ4v) is 3.09. The van der Waals surface area contributed by atoms with E-state index in [4.69, 9.17) is 4.42 Å².